The molecule has 0 radical (unpaired) electrons. The van der Waals surface area contributed by atoms with Crippen LogP contribution in [-0.2, 0) is 9.84 Å². The Balaban J connectivity index is 1.47. The monoisotopic (exact) mass is 462 g/mol. The van der Waals surface area contributed by atoms with Gasteiger partial charge in [0.15, 0.2) is 15.0 Å². The molecular weight excluding hydrogens is 436 g/mol. The van der Waals surface area contributed by atoms with Crippen molar-refractivity contribution in [2.75, 3.05) is 18.0 Å². The van der Waals surface area contributed by atoms with Gasteiger partial charge in [0.2, 0.25) is 0 Å². The third kappa shape index (κ3) is 3.97. The summed E-state index contributed by atoms with van der Waals surface area (Å²) in [6.07, 6.45) is 8.30. The zero-order valence-electron chi connectivity index (χ0n) is 17.5. The third-order valence-corrected chi connectivity index (χ3v) is 10.4. The number of anilines is 1. The average Bonchev–Trinajstić information content (AvgIpc) is 3.19. The second-order valence-corrected chi connectivity index (χ2v) is 12.4. The van der Waals surface area contributed by atoms with Crippen LogP contribution in [0.5, 0.6) is 0 Å². The molecule has 0 N–H and O–H groups in total. The molecule has 2 atom stereocenters. The van der Waals surface area contributed by atoms with Gasteiger partial charge in [0.25, 0.3) is 0 Å². The molecular formula is C23H27ClN2O2S2. The molecule has 1 aliphatic carbocycles. The Kier molecular flexibility index (Phi) is 5.86. The topological polar surface area (TPSA) is 50.3 Å². The number of alkyl halides is 1. The maximum absolute atomic E-state index is 13.3. The van der Waals surface area contributed by atoms with Crippen LogP contribution in [0.2, 0.25) is 0 Å². The van der Waals surface area contributed by atoms with Crippen LogP contribution in [0.25, 0.3) is 11.3 Å². The normalized spacial score (nSPS) is 25.1. The zero-order chi connectivity index (χ0) is 21.5. The Hall–Kier alpha value is -1.63. The minimum atomic E-state index is -3.36. The molecule has 2 aromatic rings. The molecule has 1 aliphatic heterocycles. The highest BCUT2D eigenvalue weighted by atomic mass is 35.5. The van der Waals surface area contributed by atoms with E-state index in [9.17, 15) is 8.42 Å². The van der Waals surface area contributed by atoms with E-state index in [0.717, 1.165) is 16.4 Å². The number of hydrogen-bond donors (Lipinski definition) is 0. The lowest BCUT2D eigenvalue weighted by Gasteiger charge is -2.36. The summed E-state index contributed by atoms with van der Waals surface area (Å²) in [5, 5.41) is 2.01. The van der Waals surface area contributed by atoms with Crippen molar-refractivity contribution < 1.29 is 8.42 Å². The van der Waals surface area contributed by atoms with Crippen molar-refractivity contribution in [3.63, 3.8) is 0 Å². The first-order chi connectivity index (χ1) is 14.2. The molecule has 0 saturated carbocycles. The lowest BCUT2D eigenvalue weighted by Crippen LogP contribution is -2.47. The van der Waals surface area contributed by atoms with Crippen molar-refractivity contribution in [2.24, 2.45) is 0 Å². The molecule has 1 fully saturated rings. The fourth-order valence-corrected chi connectivity index (χ4v) is 7.98. The van der Waals surface area contributed by atoms with E-state index < -0.39 is 20.0 Å². The fraction of sp³-hybridized carbons (Fsp3) is 0.435. The standard InChI is InChI=1S/C23H27ClN2O2S2/c1-16-7-6-8-19(17(16)2)20-15-29-22(25-20)26-13-10-18(11-14-26)30(27,28)21-9-4-5-12-23(21,3)24/h4-9,12,15,18,21H,10-11,13-14H2,1-3H3. The molecule has 0 amide bonds. The van der Waals surface area contributed by atoms with Crippen molar-refractivity contribution in [2.45, 2.75) is 49.0 Å². The predicted molar refractivity (Wildman–Crippen MR) is 128 cm³/mol. The SMILES string of the molecule is Cc1cccc(-c2csc(N3CCC(S(=O)(=O)C4C=CC=CC4(C)Cl)CC3)n2)c1C. The molecule has 30 heavy (non-hydrogen) atoms. The van der Waals surface area contributed by atoms with Gasteiger partial charge in [-0.05, 0) is 44.7 Å². The first-order valence-electron chi connectivity index (χ1n) is 10.2. The number of thiazole rings is 1. The van der Waals surface area contributed by atoms with Gasteiger partial charge in [-0.15, -0.1) is 22.9 Å². The summed E-state index contributed by atoms with van der Waals surface area (Å²) in [6, 6.07) is 6.28. The number of allylic oxidation sites excluding steroid dienone is 3. The van der Waals surface area contributed by atoms with Gasteiger partial charge in [0, 0.05) is 24.0 Å². The summed E-state index contributed by atoms with van der Waals surface area (Å²) in [6.45, 7) is 7.39. The predicted octanol–water partition coefficient (Wildman–Crippen LogP) is 5.30. The van der Waals surface area contributed by atoms with Crippen molar-refractivity contribution >= 4 is 37.9 Å². The molecule has 1 saturated heterocycles. The van der Waals surface area contributed by atoms with Crippen LogP contribution in [-0.4, -0.2) is 41.9 Å². The smallest absolute Gasteiger partial charge is 0.185 e. The van der Waals surface area contributed by atoms with Crippen LogP contribution < -0.4 is 4.90 Å². The average molecular weight is 463 g/mol. The summed E-state index contributed by atoms with van der Waals surface area (Å²) in [4.78, 5) is 6.18. The molecule has 1 aromatic heterocycles. The summed E-state index contributed by atoms with van der Waals surface area (Å²) in [7, 11) is -3.36. The van der Waals surface area contributed by atoms with Crippen molar-refractivity contribution in [3.8, 4) is 11.3 Å². The van der Waals surface area contributed by atoms with E-state index in [0.29, 0.717) is 25.9 Å². The van der Waals surface area contributed by atoms with Gasteiger partial charge in [0.05, 0.1) is 15.8 Å². The number of aromatic nitrogens is 1. The fourth-order valence-electron chi connectivity index (χ4n) is 4.27. The first kappa shape index (κ1) is 21.6. The molecule has 0 bridgehead atoms. The molecule has 2 unspecified atom stereocenters. The van der Waals surface area contributed by atoms with E-state index in [-0.39, 0.29) is 5.25 Å². The van der Waals surface area contributed by atoms with Crippen LogP contribution in [0, 0.1) is 13.8 Å². The molecule has 4 nitrogen and oxygen atoms in total. The molecule has 1 aromatic carbocycles. The Morgan fingerprint density at radius 2 is 1.93 bits per heavy atom. The van der Waals surface area contributed by atoms with E-state index in [1.54, 1.807) is 36.5 Å². The summed E-state index contributed by atoms with van der Waals surface area (Å²) in [5.74, 6) is 0. The third-order valence-electron chi connectivity index (χ3n) is 6.28. The van der Waals surface area contributed by atoms with Gasteiger partial charge in [-0.25, -0.2) is 13.4 Å². The molecule has 4 rings (SSSR count). The maximum atomic E-state index is 13.3. The number of benzene rings is 1. The minimum Gasteiger partial charge on any atom is -0.348 e. The van der Waals surface area contributed by atoms with Crippen LogP contribution in [0.15, 0.2) is 47.9 Å². The van der Waals surface area contributed by atoms with Crippen LogP contribution in [0.1, 0.15) is 30.9 Å². The van der Waals surface area contributed by atoms with Crippen LogP contribution in [0.4, 0.5) is 5.13 Å². The maximum Gasteiger partial charge on any atom is 0.185 e. The van der Waals surface area contributed by atoms with Gasteiger partial charge >= 0.3 is 0 Å². The Labute approximate surface area is 188 Å². The van der Waals surface area contributed by atoms with Gasteiger partial charge in [0.1, 0.15) is 5.25 Å². The quantitative estimate of drug-likeness (QED) is 0.578. The van der Waals surface area contributed by atoms with Crippen molar-refractivity contribution in [3.05, 3.63) is 59.0 Å². The summed E-state index contributed by atoms with van der Waals surface area (Å²) in [5.41, 5.74) is 4.65. The first-order valence-corrected chi connectivity index (χ1v) is 13.1. The van der Waals surface area contributed by atoms with Crippen LogP contribution in [0.3, 0.4) is 0 Å². The number of sulfone groups is 1. The van der Waals surface area contributed by atoms with Gasteiger partial charge in [-0.1, -0.05) is 42.5 Å². The number of rotatable bonds is 4. The van der Waals surface area contributed by atoms with E-state index in [4.69, 9.17) is 16.6 Å². The Morgan fingerprint density at radius 3 is 2.63 bits per heavy atom. The van der Waals surface area contributed by atoms with Crippen LogP contribution >= 0.6 is 22.9 Å². The summed E-state index contributed by atoms with van der Waals surface area (Å²) >= 11 is 8.14. The number of piperidine rings is 1. The molecule has 2 heterocycles. The molecule has 2 aliphatic rings. The molecule has 7 heteroatoms. The summed E-state index contributed by atoms with van der Waals surface area (Å²) < 4.78 is 26.5. The second-order valence-electron chi connectivity index (χ2n) is 8.35. The highest BCUT2D eigenvalue weighted by Crippen LogP contribution is 2.36. The molecule has 0 spiro atoms. The van der Waals surface area contributed by atoms with Crippen molar-refractivity contribution in [1.82, 2.24) is 4.98 Å². The van der Waals surface area contributed by atoms with E-state index in [1.807, 2.05) is 6.08 Å². The van der Waals surface area contributed by atoms with Gasteiger partial charge in [-0.3, -0.25) is 0 Å². The lowest BCUT2D eigenvalue weighted by molar-refractivity contribution is 0.518. The zero-order valence-corrected chi connectivity index (χ0v) is 19.9. The number of hydrogen-bond acceptors (Lipinski definition) is 5. The number of nitrogens with zero attached hydrogens (tertiary/aromatic N) is 2. The van der Waals surface area contributed by atoms with Gasteiger partial charge in [-0.2, -0.15) is 0 Å². The van der Waals surface area contributed by atoms with E-state index >= 15 is 0 Å². The van der Waals surface area contributed by atoms with E-state index in [2.05, 4.69) is 42.3 Å². The van der Waals surface area contributed by atoms with Gasteiger partial charge < -0.3 is 4.90 Å². The lowest BCUT2D eigenvalue weighted by atomic mass is 10.0. The minimum absolute atomic E-state index is 0.369. The second kappa shape index (κ2) is 8.13. The molecule has 160 valence electrons. The number of halogens is 1. The van der Waals surface area contributed by atoms with Crippen molar-refractivity contribution in [1.29, 1.82) is 0 Å². The Morgan fingerprint density at radius 1 is 1.20 bits per heavy atom. The number of aryl methyl sites for hydroxylation is 1. The Bertz CT molecular complexity index is 1090. The highest BCUT2D eigenvalue weighted by molar-refractivity contribution is 7.93. The largest absolute Gasteiger partial charge is 0.348 e. The van der Waals surface area contributed by atoms with E-state index in [1.165, 1.54) is 11.1 Å². The highest BCUT2D eigenvalue weighted by Gasteiger charge is 2.44.